The lowest BCUT2D eigenvalue weighted by molar-refractivity contribution is 0.0517. The molecule has 0 radical (unpaired) electrons. The Morgan fingerprint density at radius 1 is 1.21 bits per heavy atom. The van der Waals surface area contributed by atoms with Gasteiger partial charge in [0.25, 0.3) is 11.8 Å². The Balaban J connectivity index is 1.69. The Bertz CT molecular complexity index is 684. The Labute approximate surface area is 140 Å². The molecule has 1 fully saturated rings. The van der Waals surface area contributed by atoms with Crippen molar-refractivity contribution >= 4 is 11.8 Å². The number of aliphatic hydroxyl groups is 1. The number of nitrogens with zero attached hydrogens (tertiary/aromatic N) is 1. The summed E-state index contributed by atoms with van der Waals surface area (Å²) in [5.74, 6) is -0.189. The molecule has 0 unspecified atom stereocenters. The van der Waals surface area contributed by atoms with Crippen molar-refractivity contribution in [3.8, 4) is 0 Å². The third-order valence-electron chi connectivity index (χ3n) is 4.36. The summed E-state index contributed by atoms with van der Waals surface area (Å²) >= 11 is 0. The van der Waals surface area contributed by atoms with Crippen LogP contribution in [0, 0.1) is 5.92 Å². The normalized spacial score (nSPS) is 20.6. The standard InChI is InChI=1S/C18H20N2O4/c21-12-14-8-9-20(18(23)16-7-4-10-24-16)11-15(14)19-17(22)13-5-2-1-3-6-13/h1-7,10,14-15,21H,8-9,11-12H2,(H,19,22)/t14-,15-/m1/s1. The van der Waals surface area contributed by atoms with E-state index in [0.717, 1.165) is 0 Å². The number of furan rings is 1. The van der Waals surface area contributed by atoms with Crippen LogP contribution in [0.4, 0.5) is 0 Å². The van der Waals surface area contributed by atoms with Gasteiger partial charge >= 0.3 is 0 Å². The van der Waals surface area contributed by atoms with Crippen molar-refractivity contribution in [2.45, 2.75) is 12.5 Å². The number of hydrogen-bond donors (Lipinski definition) is 2. The summed E-state index contributed by atoms with van der Waals surface area (Å²) in [7, 11) is 0. The number of piperidine rings is 1. The minimum absolute atomic E-state index is 0.0253. The third-order valence-corrected chi connectivity index (χ3v) is 4.36. The van der Waals surface area contributed by atoms with E-state index in [-0.39, 0.29) is 36.1 Å². The van der Waals surface area contributed by atoms with Gasteiger partial charge in [0.15, 0.2) is 5.76 Å². The molecule has 6 heteroatoms. The van der Waals surface area contributed by atoms with Gasteiger partial charge in [-0.3, -0.25) is 9.59 Å². The highest BCUT2D eigenvalue weighted by Crippen LogP contribution is 2.20. The summed E-state index contributed by atoms with van der Waals surface area (Å²) in [5.41, 5.74) is 0.559. The van der Waals surface area contributed by atoms with Gasteiger partial charge in [0.1, 0.15) is 0 Å². The molecule has 1 aliphatic rings. The molecule has 2 atom stereocenters. The monoisotopic (exact) mass is 328 g/mol. The van der Waals surface area contributed by atoms with Crippen molar-refractivity contribution in [1.29, 1.82) is 0 Å². The topological polar surface area (TPSA) is 82.8 Å². The molecule has 1 saturated heterocycles. The van der Waals surface area contributed by atoms with Crippen molar-refractivity contribution < 1.29 is 19.1 Å². The summed E-state index contributed by atoms with van der Waals surface area (Å²) in [6.07, 6.45) is 2.09. The number of amides is 2. The van der Waals surface area contributed by atoms with E-state index in [2.05, 4.69) is 5.32 Å². The molecule has 6 nitrogen and oxygen atoms in total. The van der Waals surface area contributed by atoms with E-state index >= 15 is 0 Å². The van der Waals surface area contributed by atoms with Crippen LogP contribution in [0.25, 0.3) is 0 Å². The first-order valence-electron chi connectivity index (χ1n) is 7.98. The minimum atomic E-state index is -0.296. The highest BCUT2D eigenvalue weighted by molar-refractivity contribution is 5.94. The van der Waals surface area contributed by atoms with Gasteiger partial charge in [0.2, 0.25) is 0 Å². The fourth-order valence-corrected chi connectivity index (χ4v) is 2.96. The summed E-state index contributed by atoms with van der Waals surface area (Å²) < 4.78 is 5.16. The Hall–Kier alpha value is -2.60. The fourth-order valence-electron chi connectivity index (χ4n) is 2.96. The highest BCUT2D eigenvalue weighted by Gasteiger charge is 2.33. The first-order valence-corrected chi connectivity index (χ1v) is 7.98. The summed E-state index contributed by atoms with van der Waals surface area (Å²) in [6, 6.07) is 11.9. The zero-order valence-electron chi connectivity index (χ0n) is 13.2. The van der Waals surface area contributed by atoms with Crippen LogP contribution >= 0.6 is 0 Å². The zero-order chi connectivity index (χ0) is 16.9. The molecule has 24 heavy (non-hydrogen) atoms. The summed E-state index contributed by atoms with van der Waals surface area (Å²) in [5, 5.41) is 12.5. The van der Waals surface area contributed by atoms with Crippen molar-refractivity contribution in [2.24, 2.45) is 5.92 Å². The lowest BCUT2D eigenvalue weighted by Crippen LogP contribution is -2.54. The predicted molar refractivity (Wildman–Crippen MR) is 87.5 cm³/mol. The van der Waals surface area contributed by atoms with Crippen LogP contribution in [0.5, 0.6) is 0 Å². The maximum absolute atomic E-state index is 12.4. The molecule has 2 aromatic rings. The van der Waals surface area contributed by atoms with Gasteiger partial charge in [-0.1, -0.05) is 18.2 Å². The second-order valence-electron chi connectivity index (χ2n) is 5.91. The molecule has 3 rings (SSSR count). The molecule has 0 bridgehead atoms. The van der Waals surface area contributed by atoms with E-state index in [1.54, 1.807) is 41.3 Å². The van der Waals surface area contributed by atoms with E-state index < -0.39 is 0 Å². The number of carbonyl (C=O) groups is 2. The predicted octanol–water partition coefficient (Wildman–Crippen LogP) is 1.53. The van der Waals surface area contributed by atoms with Crippen molar-refractivity contribution in [1.82, 2.24) is 10.2 Å². The number of nitrogens with one attached hydrogen (secondary N) is 1. The summed E-state index contributed by atoms with van der Waals surface area (Å²) in [4.78, 5) is 26.4. The molecule has 1 aromatic heterocycles. The summed E-state index contributed by atoms with van der Waals surface area (Å²) in [6.45, 7) is 0.855. The van der Waals surface area contributed by atoms with Crippen LogP contribution < -0.4 is 5.32 Å². The molecule has 0 spiro atoms. The van der Waals surface area contributed by atoms with Crippen LogP contribution in [-0.4, -0.2) is 47.6 Å². The molecule has 2 N–H and O–H groups in total. The van der Waals surface area contributed by atoms with Gasteiger partial charge in [0, 0.05) is 31.2 Å². The van der Waals surface area contributed by atoms with Crippen LogP contribution in [0.15, 0.2) is 53.1 Å². The average molecular weight is 328 g/mol. The molecular weight excluding hydrogens is 308 g/mol. The largest absolute Gasteiger partial charge is 0.459 e. The van der Waals surface area contributed by atoms with E-state index in [4.69, 9.17) is 4.42 Å². The Morgan fingerprint density at radius 2 is 2.00 bits per heavy atom. The SMILES string of the molecule is O=C(N[C@@H]1CN(C(=O)c2ccco2)CC[C@@H]1CO)c1ccccc1. The number of benzene rings is 1. The molecule has 2 heterocycles. The van der Waals surface area contributed by atoms with Crippen LogP contribution in [0.3, 0.4) is 0 Å². The third kappa shape index (κ3) is 3.49. The highest BCUT2D eigenvalue weighted by atomic mass is 16.3. The lowest BCUT2D eigenvalue weighted by Gasteiger charge is -2.37. The second kappa shape index (κ2) is 7.31. The molecule has 0 saturated carbocycles. The van der Waals surface area contributed by atoms with Crippen molar-refractivity contribution in [3.05, 3.63) is 60.1 Å². The Morgan fingerprint density at radius 3 is 2.67 bits per heavy atom. The Kier molecular flexibility index (Phi) is 4.96. The van der Waals surface area contributed by atoms with Crippen molar-refractivity contribution in [3.63, 3.8) is 0 Å². The smallest absolute Gasteiger partial charge is 0.289 e. The first kappa shape index (κ1) is 16.3. The van der Waals surface area contributed by atoms with E-state index in [1.165, 1.54) is 6.26 Å². The number of likely N-dealkylation sites (tertiary alicyclic amines) is 1. The maximum Gasteiger partial charge on any atom is 0.289 e. The molecule has 0 aliphatic carbocycles. The zero-order valence-corrected chi connectivity index (χ0v) is 13.2. The second-order valence-corrected chi connectivity index (χ2v) is 5.91. The molecule has 2 amide bonds. The molecule has 1 aliphatic heterocycles. The van der Waals surface area contributed by atoms with E-state index in [1.807, 2.05) is 6.07 Å². The van der Waals surface area contributed by atoms with Gasteiger partial charge in [0.05, 0.1) is 12.3 Å². The number of carbonyl (C=O) groups excluding carboxylic acids is 2. The molecule has 1 aromatic carbocycles. The quantitative estimate of drug-likeness (QED) is 0.892. The average Bonchev–Trinajstić information content (AvgIpc) is 3.16. The number of hydrogen-bond acceptors (Lipinski definition) is 4. The fraction of sp³-hybridized carbons (Fsp3) is 0.333. The van der Waals surface area contributed by atoms with Gasteiger partial charge in [-0.05, 0) is 30.7 Å². The number of aliphatic hydroxyl groups excluding tert-OH is 1. The van der Waals surface area contributed by atoms with Crippen LogP contribution in [-0.2, 0) is 0 Å². The minimum Gasteiger partial charge on any atom is -0.459 e. The van der Waals surface area contributed by atoms with Crippen LogP contribution in [0.2, 0.25) is 0 Å². The van der Waals surface area contributed by atoms with Gasteiger partial charge in [-0.15, -0.1) is 0 Å². The first-order chi connectivity index (χ1) is 11.7. The number of rotatable bonds is 4. The van der Waals surface area contributed by atoms with Crippen LogP contribution in [0.1, 0.15) is 27.3 Å². The maximum atomic E-state index is 12.4. The van der Waals surface area contributed by atoms with Gasteiger partial charge in [-0.25, -0.2) is 0 Å². The van der Waals surface area contributed by atoms with Crippen molar-refractivity contribution in [2.75, 3.05) is 19.7 Å². The lowest BCUT2D eigenvalue weighted by atomic mass is 9.91. The van der Waals surface area contributed by atoms with E-state index in [0.29, 0.717) is 25.1 Å². The van der Waals surface area contributed by atoms with Gasteiger partial charge in [-0.2, -0.15) is 0 Å². The van der Waals surface area contributed by atoms with E-state index in [9.17, 15) is 14.7 Å². The van der Waals surface area contributed by atoms with Gasteiger partial charge < -0.3 is 19.7 Å². The molecular formula is C18H20N2O4. The molecule has 126 valence electrons.